The first-order valence-electron chi connectivity index (χ1n) is 18.3. The molecular weight excluding hydrogens is 866 g/mol. The topological polar surface area (TPSA) is 123 Å². The zero-order valence-corrected chi connectivity index (χ0v) is 34.2. The molecule has 4 aromatic rings. The molecule has 2 saturated heterocycles. The van der Waals surface area contributed by atoms with E-state index >= 15 is 0 Å². The number of aromatic hydroxyl groups is 1. The van der Waals surface area contributed by atoms with Crippen molar-refractivity contribution >= 4 is 81.3 Å². The third-order valence-corrected chi connectivity index (χ3v) is 13.2. The van der Waals surface area contributed by atoms with Gasteiger partial charge in [-0.3, -0.25) is 24.1 Å². The van der Waals surface area contributed by atoms with Crippen molar-refractivity contribution in [2.24, 2.45) is 29.1 Å². The van der Waals surface area contributed by atoms with Crippen LogP contribution in [0.15, 0.2) is 84.4 Å². The molecular formula is C44H37ClFIN2O8. The number of fused-ring (bicyclic) bond motifs is 4. The van der Waals surface area contributed by atoms with Crippen LogP contribution in [0.3, 0.4) is 0 Å². The molecule has 0 unspecified atom stereocenters. The highest BCUT2D eigenvalue weighted by atomic mass is 127. The molecule has 13 heteroatoms. The molecule has 57 heavy (non-hydrogen) atoms. The predicted molar refractivity (Wildman–Crippen MR) is 221 cm³/mol. The number of phenols is 1. The Morgan fingerprint density at radius 2 is 1.54 bits per heavy atom. The maximum absolute atomic E-state index is 14.7. The summed E-state index contributed by atoms with van der Waals surface area (Å²) < 4.78 is 31.1. The van der Waals surface area contributed by atoms with Gasteiger partial charge in [0, 0.05) is 11.5 Å². The third-order valence-electron chi connectivity index (χ3n) is 12.1. The molecule has 1 N–H and O–H groups in total. The first-order valence-corrected chi connectivity index (χ1v) is 19.8. The molecule has 2 aliphatic heterocycles. The van der Waals surface area contributed by atoms with Gasteiger partial charge in [-0.2, -0.15) is 0 Å². The number of nitrogens with zero attached hydrogens (tertiary/aromatic N) is 2. The van der Waals surface area contributed by atoms with E-state index in [1.807, 2.05) is 71.2 Å². The number of methoxy groups -OCH3 is 3. The summed E-state index contributed by atoms with van der Waals surface area (Å²) in [6.07, 6.45) is 6.13. The lowest BCUT2D eigenvalue weighted by Crippen LogP contribution is -2.48. The van der Waals surface area contributed by atoms with E-state index in [4.69, 9.17) is 25.8 Å². The third kappa shape index (κ3) is 6.10. The molecule has 4 amide bonds. The number of anilines is 2. The summed E-state index contributed by atoms with van der Waals surface area (Å²) in [5.41, 5.74) is 2.23. The van der Waals surface area contributed by atoms with Crippen LogP contribution >= 0.6 is 34.2 Å². The van der Waals surface area contributed by atoms with Gasteiger partial charge in [0.2, 0.25) is 23.6 Å². The van der Waals surface area contributed by atoms with E-state index in [1.165, 1.54) is 24.1 Å². The van der Waals surface area contributed by atoms with Crippen LogP contribution in [-0.2, 0) is 19.2 Å². The molecule has 8 rings (SSSR count). The van der Waals surface area contributed by atoms with Crippen molar-refractivity contribution in [1.29, 1.82) is 0 Å². The van der Waals surface area contributed by atoms with E-state index in [0.717, 1.165) is 27.7 Å². The van der Waals surface area contributed by atoms with Gasteiger partial charge in [0.1, 0.15) is 17.3 Å². The Labute approximate surface area is 347 Å². The Balaban J connectivity index is 1.16. The van der Waals surface area contributed by atoms with Crippen molar-refractivity contribution in [2.75, 3.05) is 31.1 Å². The number of allylic oxidation sites excluding steroid dienone is 2. The van der Waals surface area contributed by atoms with Crippen LogP contribution in [0.5, 0.6) is 23.0 Å². The Hall–Kier alpha value is -5.21. The van der Waals surface area contributed by atoms with Crippen molar-refractivity contribution < 1.29 is 42.9 Å². The van der Waals surface area contributed by atoms with Crippen molar-refractivity contribution in [3.05, 3.63) is 116 Å². The molecule has 0 aromatic heterocycles. The minimum Gasteiger partial charge on any atom is -0.504 e. The molecule has 3 fully saturated rings. The summed E-state index contributed by atoms with van der Waals surface area (Å²) in [5.74, 6) is -4.61. The SMILES string of the molecule is COc1ccc(OC)c(C=Cc2ccc(N3C(=O)[C@H]4[C@H](CC=C5[C@H]4C[C@H]4C(=O)N(c6ccc(F)c(Cl)c6)C(=O)[C@@]4(C)[C@H]5c4cc(I)c(O)c(OC)c4)C3=O)cc2)c1. The van der Waals surface area contributed by atoms with Crippen LogP contribution in [0.2, 0.25) is 5.02 Å². The van der Waals surface area contributed by atoms with Gasteiger partial charge >= 0.3 is 0 Å². The summed E-state index contributed by atoms with van der Waals surface area (Å²) in [6.45, 7) is 1.75. The fourth-order valence-corrected chi connectivity index (χ4v) is 10.1. The summed E-state index contributed by atoms with van der Waals surface area (Å²) in [7, 11) is 4.61. The number of amides is 4. The number of halogens is 3. The largest absolute Gasteiger partial charge is 0.504 e. The molecule has 4 aromatic carbocycles. The van der Waals surface area contributed by atoms with Crippen molar-refractivity contribution in [1.82, 2.24) is 0 Å². The molecule has 2 aliphatic carbocycles. The molecule has 292 valence electrons. The van der Waals surface area contributed by atoms with E-state index < -0.39 is 52.6 Å². The number of hydrogen-bond acceptors (Lipinski definition) is 8. The Morgan fingerprint density at radius 3 is 2.23 bits per heavy atom. The van der Waals surface area contributed by atoms with Crippen LogP contribution in [0.4, 0.5) is 15.8 Å². The number of benzene rings is 4. The number of phenolic OH excluding ortho intramolecular Hbond substituents is 1. The van der Waals surface area contributed by atoms with Gasteiger partial charge < -0.3 is 19.3 Å². The van der Waals surface area contributed by atoms with Gasteiger partial charge in [0.25, 0.3) is 0 Å². The minimum absolute atomic E-state index is 0.0706. The zero-order valence-electron chi connectivity index (χ0n) is 31.3. The maximum atomic E-state index is 14.7. The van der Waals surface area contributed by atoms with Crippen LogP contribution in [0.1, 0.15) is 42.4 Å². The number of hydrogen-bond donors (Lipinski definition) is 1. The summed E-state index contributed by atoms with van der Waals surface area (Å²) in [6, 6.07) is 19.7. The van der Waals surface area contributed by atoms with Gasteiger partial charge in [0.15, 0.2) is 11.5 Å². The molecule has 4 aliphatic rings. The van der Waals surface area contributed by atoms with Crippen LogP contribution in [-0.4, -0.2) is 50.1 Å². The molecule has 0 bridgehead atoms. The van der Waals surface area contributed by atoms with Crippen molar-refractivity contribution in [2.45, 2.75) is 25.7 Å². The average Bonchev–Trinajstić information content (AvgIpc) is 3.58. The molecule has 0 radical (unpaired) electrons. The van der Waals surface area contributed by atoms with Crippen molar-refractivity contribution in [3.8, 4) is 23.0 Å². The summed E-state index contributed by atoms with van der Waals surface area (Å²) >= 11 is 8.12. The van der Waals surface area contributed by atoms with Gasteiger partial charge in [-0.15, -0.1) is 0 Å². The van der Waals surface area contributed by atoms with E-state index in [2.05, 4.69) is 0 Å². The van der Waals surface area contributed by atoms with Gasteiger partial charge in [0.05, 0.1) is 64.5 Å². The van der Waals surface area contributed by atoms with Crippen LogP contribution in [0, 0.1) is 38.5 Å². The van der Waals surface area contributed by atoms with E-state index in [0.29, 0.717) is 26.3 Å². The zero-order chi connectivity index (χ0) is 40.5. The first kappa shape index (κ1) is 38.7. The number of imide groups is 2. The number of carbonyl (C=O) groups is 4. The van der Waals surface area contributed by atoms with E-state index in [-0.39, 0.29) is 46.9 Å². The Morgan fingerprint density at radius 1 is 0.825 bits per heavy atom. The summed E-state index contributed by atoms with van der Waals surface area (Å²) in [4.78, 5) is 60.4. The highest BCUT2D eigenvalue weighted by Gasteiger charge is 2.67. The highest BCUT2D eigenvalue weighted by molar-refractivity contribution is 14.1. The number of carbonyl (C=O) groups excluding carboxylic acids is 4. The normalized spacial score (nSPS) is 25.4. The molecule has 10 nitrogen and oxygen atoms in total. The maximum Gasteiger partial charge on any atom is 0.241 e. The van der Waals surface area contributed by atoms with Crippen LogP contribution in [0.25, 0.3) is 12.2 Å². The Kier molecular flexibility index (Phi) is 9.92. The molecule has 6 atom stereocenters. The quantitative estimate of drug-likeness (QED) is 0.0810. The lowest BCUT2D eigenvalue weighted by Gasteiger charge is -2.49. The predicted octanol–water partition coefficient (Wildman–Crippen LogP) is 8.42. The highest BCUT2D eigenvalue weighted by Crippen LogP contribution is 2.64. The Bertz CT molecular complexity index is 2440. The number of rotatable bonds is 8. The standard InChI is InChI=1S/C44H37ClFIN2O8/c1-44-31(41(52)49(43(44)54)26-11-15-33(46)32(45)20-26)21-30-28(38(44)24-18-34(47)39(50)36(19-24)57-4)13-14-29-37(30)42(53)48(40(29)51)25-9-6-22(7-10-25)5-8-23-17-27(55-2)12-16-35(23)56-3/h5-13,15-20,29-31,37-38,50H,14,21H2,1-4H3/t29-,30+,31-,37-,38-,44+/m0/s1. The smallest absolute Gasteiger partial charge is 0.241 e. The second-order valence-electron chi connectivity index (χ2n) is 14.9. The van der Waals surface area contributed by atoms with Gasteiger partial charge in [-0.25, -0.2) is 9.29 Å². The molecule has 2 heterocycles. The lowest BCUT2D eigenvalue weighted by atomic mass is 9.51. The van der Waals surface area contributed by atoms with Gasteiger partial charge in [-0.05, 0) is 120 Å². The molecule has 0 spiro atoms. The van der Waals surface area contributed by atoms with E-state index in [9.17, 15) is 28.7 Å². The molecule has 1 saturated carbocycles. The fraction of sp³-hybridized carbons (Fsp3) is 0.273. The minimum atomic E-state index is -1.36. The first-order chi connectivity index (χ1) is 27.3. The van der Waals surface area contributed by atoms with Gasteiger partial charge in [-0.1, -0.05) is 47.5 Å². The average molecular weight is 903 g/mol. The monoisotopic (exact) mass is 902 g/mol. The fourth-order valence-electron chi connectivity index (χ4n) is 9.33. The van der Waals surface area contributed by atoms with Crippen LogP contribution < -0.4 is 24.0 Å². The number of ether oxygens (including phenoxy) is 3. The van der Waals surface area contributed by atoms with Crippen molar-refractivity contribution in [3.63, 3.8) is 0 Å². The second kappa shape index (κ2) is 14.6. The lowest BCUT2D eigenvalue weighted by molar-refractivity contribution is -0.131. The summed E-state index contributed by atoms with van der Waals surface area (Å²) in [5, 5.41) is 10.5. The second-order valence-corrected chi connectivity index (χ2v) is 16.4. The van der Waals surface area contributed by atoms with E-state index in [1.54, 1.807) is 45.4 Å².